The number of carbonyl (C=O) groups excluding carboxylic acids is 1. The Balaban J connectivity index is 2.67. The number of nitrogens with zero attached hydrogens (tertiary/aromatic N) is 3. The number of guanidine groups is 1. The smallest absolute Gasteiger partial charge is 0.277 e. The molecule has 12 heavy (non-hydrogen) atoms. The van der Waals surface area contributed by atoms with E-state index in [-0.39, 0.29) is 24.8 Å². The third-order valence-electron chi connectivity index (χ3n) is 1.11. The second-order valence-electron chi connectivity index (χ2n) is 2.03. The van der Waals surface area contributed by atoms with Gasteiger partial charge in [-0.2, -0.15) is 0 Å². The van der Waals surface area contributed by atoms with Gasteiger partial charge in [0.1, 0.15) is 5.70 Å². The summed E-state index contributed by atoms with van der Waals surface area (Å²) in [4.78, 5) is 14.6. The van der Waals surface area contributed by atoms with Gasteiger partial charge in [0.05, 0.1) is 13.2 Å². The van der Waals surface area contributed by atoms with Crippen molar-refractivity contribution in [2.45, 2.75) is 0 Å². The summed E-state index contributed by atoms with van der Waals surface area (Å²) in [6, 6.07) is 0. The molecular weight excluding hydrogens is 160 g/mol. The fourth-order valence-electron chi connectivity index (χ4n) is 0.579. The van der Waals surface area contributed by atoms with E-state index >= 15 is 0 Å². The molecule has 0 saturated heterocycles. The molecule has 0 atom stereocenters. The minimum atomic E-state index is -0.415. The predicted octanol–water partition coefficient (Wildman–Crippen LogP) is -0.570. The van der Waals surface area contributed by atoms with E-state index in [4.69, 9.17) is 5.11 Å². The van der Waals surface area contributed by atoms with E-state index in [9.17, 15) is 4.79 Å². The average molecular weight is 168 g/mol. The molecule has 1 heterocycles. The molecule has 0 bridgehead atoms. The van der Waals surface area contributed by atoms with Gasteiger partial charge in [-0.05, 0) is 0 Å². The molecule has 1 aliphatic rings. The molecule has 0 aromatic carbocycles. The third kappa shape index (κ3) is 1.96. The first kappa shape index (κ1) is 8.54. The predicted molar refractivity (Wildman–Crippen MR) is 41.5 cm³/mol. The van der Waals surface area contributed by atoms with Crippen LogP contribution in [0, 0.1) is 0 Å². The number of hydrogen-bond donors (Lipinski definition) is 2. The Morgan fingerprint density at radius 2 is 2.33 bits per heavy atom. The number of amides is 1. The van der Waals surface area contributed by atoms with Crippen molar-refractivity contribution in [3.63, 3.8) is 0 Å². The van der Waals surface area contributed by atoms with E-state index in [2.05, 4.69) is 27.1 Å². The number of aliphatic hydroxyl groups is 1. The summed E-state index contributed by atoms with van der Waals surface area (Å²) in [5, 5.41) is 17.7. The summed E-state index contributed by atoms with van der Waals surface area (Å²) in [6.07, 6.45) is 0. The number of hydrogen-bond acceptors (Lipinski definition) is 4. The van der Waals surface area contributed by atoms with Gasteiger partial charge in [0.15, 0.2) is 0 Å². The van der Waals surface area contributed by atoms with Crippen LogP contribution in [0.3, 0.4) is 0 Å². The zero-order chi connectivity index (χ0) is 8.97. The molecule has 6 nitrogen and oxygen atoms in total. The Morgan fingerprint density at radius 1 is 1.58 bits per heavy atom. The van der Waals surface area contributed by atoms with E-state index in [1.54, 1.807) is 0 Å². The van der Waals surface area contributed by atoms with Crippen molar-refractivity contribution in [1.29, 1.82) is 0 Å². The lowest BCUT2D eigenvalue weighted by Crippen LogP contribution is -2.32. The van der Waals surface area contributed by atoms with Crippen molar-refractivity contribution in [2.75, 3.05) is 13.2 Å². The first-order valence-electron chi connectivity index (χ1n) is 3.31. The average Bonchev–Trinajstić information content (AvgIpc) is 2.07. The number of rotatable bonds is 2. The highest BCUT2D eigenvalue weighted by atomic mass is 16.3. The molecule has 0 radical (unpaired) electrons. The molecule has 1 aliphatic heterocycles. The minimum absolute atomic E-state index is 0.0537. The van der Waals surface area contributed by atoms with Gasteiger partial charge in [-0.3, -0.25) is 10.1 Å². The van der Waals surface area contributed by atoms with Crippen molar-refractivity contribution < 1.29 is 9.90 Å². The van der Waals surface area contributed by atoms with E-state index < -0.39 is 5.91 Å². The molecule has 0 saturated carbocycles. The van der Waals surface area contributed by atoms with Gasteiger partial charge in [0, 0.05) is 0 Å². The number of carbonyl (C=O) groups is 1. The third-order valence-corrected chi connectivity index (χ3v) is 1.11. The van der Waals surface area contributed by atoms with Crippen molar-refractivity contribution in [1.82, 2.24) is 5.32 Å². The Morgan fingerprint density at radius 3 is 2.92 bits per heavy atom. The second-order valence-corrected chi connectivity index (χ2v) is 2.03. The van der Waals surface area contributed by atoms with Crippen LogP contribution in [-0.4, -0.2) is 30.1 Å². The molecule has 64 valence electrons. The summed E-state index contributed by atoms with van der Waals surface area (Å²) >= 11 is 0. The molecule has 1 amide bonds. The van der Waals surface area contributed by atoms with E-state index in [0.717, 1.165) is 0 Å². The summed E-state index contributed by atoms with van der Waals surface area (Å²) in [5.41, 5.74) is 0.0537. The van der Waals surface area contributed by atoms with Crippen LogP contribution in [0.2, 0.25) is 0 Å². The van der Waals surface area contributed by atoms with Crippen LogP contribution < -0.4 is 5.32 Å². The SMILES string of the molecule is C=C1N=NC(=NCCO)NC1=O. The molecule has 0 unspecified atom stereocenters. The van der Waals surface area contributed by atoms with Gasteiger partial charge >= 0.3 is 0 Å². The van der Waals surface area contributed by atoms with E-state index in [1.807, 2.05) is 0 Å². The summed E-state index contributed by atoms with van der Waals surface area (Å²) in [6.45, 7) is 3.44. The van der Waals surface area contributed by atoms with Crippen molar-refractivity contribution in [3.05, 3.63) is 12.3 Å². The Hall–Kier alpha value is -1.56. The molecule has 0 aromatic rings. The standard InChI is InChI=1S/C6H8N4O2/c1-4-5(12)8-6(10-9-4)7-2-3-11/h11H,1-3H2,(H,7,8,12). The Labute approximate surface area is 68.7 Å². The molecular formula is C6H8N4O2. The lowest BCUT2D eigenvalue weighted by Gasteiger charge is -2.06. The van der Waals surface area contributed by atoms with Crippen molar-refractivity contribution in [2.24, 2.45) is 15.2 Å². The highest BCUT2D eigenvalue weighted by Gasteiger charge is 2.13. The van der Waals surface area contributed by atoms with Crippen molar-refractivity contribution in [3.8, 4) is 0 Å². The first-order valence-corrected chi connectivity index (χ1v) is 3.31. The molecule has 1 rings (SSSR count). The molecule has 2 N–H and O–H groups in total. The van der Waals surface area contributed by atoms with Gasteiger partial charge in [-0.1, -0.05) is 6.58 Å². The largest absolute Gasteiger partial charge is 0.394 e. The van der Waals surface area contributed by atoms with Crippen LogP contribution in [0.4, 0.5) is 0 Å². The van der Waals surface area contributed by atoms with Gasteiger partial charge < -0.3 is 5.11 Å². The maximum atomic E-state index is 10.9. The van der Waals surface area contributed by atoms with Crippen LogP contribution in [-0.2, 0) is 4.79 Å². The molecule has 0 spiro atoms. The van der Waals surface area contributed by atoms with Crippen LogP contribution >= 0.6 is 0 Å². The fourth-order valence-corrected chi connectivity index (χ4v) is 0.579. The minimum Gasteiger partial charge on any atom is -0.394 e. The number of aliphatic hydroxyl groups excluding tert-OH is 1. The maximum absolute atomic E-state index is 10.9. The number of aliphatic imine (C=N–C) groups is 1. The topological polar surface area (TPSA) is 86.4 Å². The van der Waals surface area contributed by atoms with E-state index in [1.165, 1.54) is 0 Å². The quantitative estimate of drug-likeness (QED) is 0.541. The second kappa shape index (κ2) is 3.72. The summed E-state index contributed by atoms with van der Waals surface area (Å²) in [5.74, 6) is -0.303. The van der Waals surface area contributed by atoms with Crippen LogP contribution in [0.15, 0.2) is 27.5 Å². The molecule has 0 aliphatic carbocycles. The zero-order valence-electron chi connectivity index (χ0n) is 6.32. The highest BCUT2D eigenvalue weighted by Crippen LogP contribution is 2.00. The van der Waals surface area contributed by atoms with Crippen molar-refractivity contribution >= 4 is 11.9 Å². The highest BCUT2D eigenvalue weighted by molar-refractivity contribution is 6.06. The maximum Gasteiger partial charge on any atom is 0.277 e. The van der Waals surface area contributed by atoms with Gasteiger partial charge in [0.25, 0.3) is 5.91 Å². The van der Waals surface area contributed by atoms with Gasteiger partial charge in [0.2, 0.25) is 5.96 Å². The van der Waals surface area contributed by atoms with E-state index in [0.29, 0.717) is 0 Å². The molecule has 0 aromatic heterocycles. The number of nitrogens with one attached hydrogen (secondary N) is 1. The molecule has 0 fully saturated rings. The summed E-state index contributed by atoms with van der Waals surface area (Å²) < 4.78 is 0. The fraction of sp³-hybridized carbons (Fsp3) is 0.333. The first-order chi connectivity index (χ1) is 5.74. The Kier molecular flexibility index (Phi) is 2.65. The van der Waals surface area contributed by atoms with Gasteiger partial charge in [-0.25, -0.2) is 4.99 Å². The normalized spacial score (nSPS) is 19.9. The van der Waals surface area contributed by atoms with Crippen LogP contribution in [0.25, 0.3) is 0 Å². The Bertz CT molecular complexity index is 269. The monoisotopic (exact) mass is 168 g/mol. The van der Waals surface area contributed by atoms with Crippen LogP contribution in [0.5, 0.6) is 0 Å². The van der Waals surface area contributed by atoms with Crippen LogP contribution in [0.1, 0.15) is 0 Å². The van der Waals surface area contributed by atoms with Gasteiger partial charge in [-0.15, -0.1) is 10.2 Å². The lowest BCUT2D eigenvalue weighted by atomic mass is 10.4. The lowest BCUT2D eigenvalue weighted by molar-refractivity contribution is -0.116. The zero-order valence-corrected chi connectivity index (χ0v) is 6.32. The summed E-state index contributed by atoms with van der Waals surface area (Å²) in [7, 11) is 0. The molecule has 6 heteroatoms. The number of azo groups is 1.